The van der Waals surface area contributed by atoms with Gasteiger partial charge in [0.05, 0.1) is 0 Å². The molecular weight excluding hydrogens is 214 g/mol. The molecule has 1 nitrogen and oxygen atoms in total. The number of hydrogen-bond donors (Lipinski definition) is 1. The highest BCUT2D eigenvalue weighted by Crippen LogP contribution is 2.20. The van der Waals surface area contributed by atoms with Crippen LogP contribution in [0, 0.1) is 12.3 Å². The Kier molecular flexibility index (Phi) is 3.69. The van der Waals surface area contributed by atoms with Crippen LogP contribution in [0.4, 0.5) is 5.69 Å². The second-order valence-corrected chi connectivity index (χ2v) is 3.22. The zero-order chi connectivity index (χ0) is 8.81. The van der Waals surface area contributed by atoms with Gasteiger partial charge in [-0.25, -0.2) is 0 Å². The maximum atomic E-state index is 5.13. The molecule has 0 bridgehead atoms. The summed E-state index contributed by atoms with van der Waals surface area (Å²) in [4.78, 5) is 0. The van der Waals surface area contributed by atoms with Crippen LogP contribution in [0.2, 0.25) is 0 Å². The van der Waals surface area contributed by atoms with E-state index >= 15 is 0 Å². The molecule has 0 spiro atoms. The fourth-order valence-electron chi connectivity index (χ4n) is 0.874. The quantitative estimate of drug-likeness (QED) is 0.614. The van der Waals surface area contributed by atoms with E-state index in [-0.39, 0.29) is 0 Å². The molecule has 0 radical (unpaired) electrons. The topological polar surface area (TPSA) is 12.0 Å². The number of nitrogens with one attached hydrogen (secondary N) is 1. The number of halogens is 1. The lowest BCUT2D eigenvalue weighted by Gasteiger charge is -2.05. The fraction of sp³-hybridized carbons (Fsp3) is 0.200. The normalized spacial score (nSPS) is 9.00. The van der Waals surface area contributed by atoms with Gasteiger partial charge in [0.2, 0.25) is 0 Å². The highest BCUT2D eigenvalue weighted by Gasteiger charge is 1.94. The molecule has 62 valence electrons. The monoisotopic (exact) mass is 223 g/mol. The van der Waals surface area contributed by atoms with E-state index in [1.807, 2.05) is 24.3 Å². The van der Waals surface area contributed by atoms with Crippen molar-refractivity contribution in [3.05, 3.63) is 28.7 Å². The first-order valence-electron chi connectivity index (χ1n) is 3.76. The Bertz CT molecular complexity index is 288. The maximum Gasteiger partial charge on any atom is 0.0484 e. The molecule has 0 aliphatic carbocycles. The minimum absolute atomic E-state index is 0.751. The van der Waals surface area contributed by atoms with E-state index in [0.29, 0.717) is 0 Å². The predicted octanol–water partition coefficient (Wildman–Crippen LogP) is 2.88. The Morgan fingerprint density at radius 3 is 2.83 bits per heavy atom. The minimum Gasteiger partial charge on any atom is -0.383 e. The van der Waals surface area contributed by atoms with E-state index in [4.69, 9.17) is 6.42 Å². The van der Waals surface area contributed by atoms with Crippen LogP contribution in [-0.2, 0) is 0 Å². The van der Waals surface area contributed by atoms with Crippen LogP contribution in [-0.4, -0.2) is 6.54 Å². The van der Waals surface area contributed by atoms with Crippen LogP contribution in [0.1, 0.15) is 6.42 Å². The van der Waals surface area contributed by atoms with Crippen molar-refractivity contribution in [1.82, 2.24) is 0 Å². The molecule has 1 aromatic rings. The summed E-state index contributed by atoms with van der Waals surface area (Å²) in [5.74, 6) is 2.58. The summed E-state index contributed by atoms with van der Waals surface area (Å²) in [6, 6.07) is 7.98. The lowest BCUT2D eigenvalue weighted by molar-refractivity contribution is 1.10. The molecule has 0 amide bonds. The van der Waals surface area contributed by atoms with Crippen LogP contribution in [0.15, 0.2) is 28.7 Å². The molecular formula is C10H10BrN. The lowest BCUT2D eigenvalue weighted by Crippen LogP contribution is -2.00. The van der Waals surface area contributed by atoms with Crippen molar-refractivity contribution in [2.24, 2.45) is 0 Å². The molecule has 0 saturated heterocycles. The van der Waals surface area contributed by atoms with Crippen LogP contribution in [0.3, 0.4) is 0 Å². The SMILES string of the molecule is C#CCCNc1ccccc1Br. The van der Waals surface area contributed by atoms with Crippen molar-refractivity contribution in [3.63, 3.8) is 0 Å². The molecule has 1 rings (SSSR count). The summed E-state index contributed by atoms with van der Waals surface area (Å²) < 4.78 is 1.07. The van der Waals surface area contributed by atoms with E-state index in [1.54, 1.807) is 0 Å². The van der Waals surface area contributed by atoms with E-state index in [1.165, 1.54) is 0 Å². The zero-order valence-corrected chi connectivity index (χ0v) is 8.26. The fourth-order valence-corrected chi connectivity index (χ4v) is 1.30. The summed E-state index contributed by atoms with van der Waals surface area (Å²) >= 11 is 3.43. The summed E-state index contributed by atoms with van der Waals surface area (Å²) in [5, 5.41) is 3.22. The van der Waals surface area contributed by atoms with Crippen LogP contribution >= 0.6 is 15.9 Å². The average Bonchev–Trinajstić information content (AvgIpc) is 2.09. The second-order valence-electron chi connectivity index (χ2n) is 2.36. The van der Waals surface area contributed by atoms with Gasteiger partial charge in [-0.05, 0) is 28.1 Å². The highest BCUT2D eigenvalue weighted by atomic mass is 79.9. The van der Waals surface area contributed by atoms with Gasteiger partial charge in [0, 0.05) is 23.1 Å². The summed E-state index contributed by atoms with van der Waals surface area (Å²) in [5.41, 5.74) is 1.09. The van der Waals surface area contributed by atoms with Crippen molar-refractivity contribution in [2.75, 3.05) is 11.9 Å². The number of benzene rings is 1. The van der Waals surface area contributed by atoms with E-state index in [9.17, 15) is 0 Å². The van der Waals surface area contributed by atoms with E-state index in [2.05, 4.69) is 27.2 Å². The third kappa shape index (κ3) is 2.60. The first-order valence-corrected chi connectivity index (χ1v) is 4.56. The van der Waals surface area contributed by atoms with E-state index in [0.717, 1.165) is 23.1 Å². The first-order chi connectivity index (χ1) is 5.84. The number of hydrogen-bond acceptors (Lipinski definition) is 1. The van der Waals surface area contributed by atoms with Crippen molar-refractivity contribution in [3.8, 4) is 12.3 Å². The molecule has 0 saturated carbocycles. The molecule has 12 heavy (non-hydrogen) atoms. The molecule has 1 N–H and O–H groups in total. The molecule has 1 aromatic carbocycles. The Balaban J connectivity index is 2.53. The van der Waals surface area contributed by atoms with Gasteiger partial charge in [0.1, 0.15) is 0 Å². The number of para-hydroxylation sites is 1. The third-order valence-electron chi connectivity index (χ3n) is 1.46. The predicted molar refractivity (Wildman–Crippen MR) is 56.1 cm³/mol. The Labute approximate surface area is 81.3 Å². The number of anilines is 1. The molecule has 0 aliphatic heterocycles. The van der Waals surface area contributed by atoms with Gasteiger partial charge in [-0.15, -0.1) is 12.3 Å². The smallest absolute Gasteiger partial charge is 0.0484 e. The number of rotatable bonds is 3. The summed E-state index contributed by atoms with van der Waals surface area (Å²) in [6.07, 6.45) is 5.88. The molecule has 0 fully saturated rings. The van der Waals surface area contributed by atoms with E-state index < -0.39 is 0 Å². The molecule has 0 heterocycles. The Morgan fingerprint density at radius 1 is 1.42 bits per heavy atom. The van der Waals surface area contributed by atoms with Crippen molar-refractivity contribution < 1.29 is 0 Å². The molecule has 0 unspecified atom stereocenters. The van der Waals surface area contributed by atoms with Gasteiger partial charge >= 0.3 is 0 Å². The standard InChI is InChI=1S/C10H10BrN/c1-2-3-8-12-10-7-5-4-6-9(10)11/h1,4-7,12H,3,8H2. The highest BCUT2D eigenvalue weighted by molar-refractivity contribution is 9.10. The van der Waals surface area contributed by atoms with Gasteiger partial charge in [-0.2, -0.15) is 0 Å². The van der Waals surface area contributed by atoms with Gasteiger partial charge < -0.3 is 5.32 Å². The van der Waals surface area contributed by atoms with Gasteiger partial charge in [0.15, 0.2) is 0 Å². The number of terminal acetylenes is 1. The molecule has 0 aromatic heterocycles. The van der Waals surface area contributed by atoms with Crippen LogP contribution in [0.25, 0.3) is 0 Å². The summed E-state index contributed by atoms with van der Waals surface area (Å²) in [6.45, 7) is 0.819. The van der Waals surface area contributed by atoms with Gasteiger partial charge in [-0.3, -0.25) is 0 Å². The van der Waals surface area contributed by atoms with Crippen LogP contribution < -0.4 is 5.32 Å². The summed E-state index contributed by atoms with van der Waals surface area (Å²) in [7, 11) is 0. The van der Waals surface area contributed by atoms with Crippen molar-refractivity contribution >= 4 is 21.6 Å². The van der Waals surface area contributed by atoms with Crippen molar-refractivity contribution in [2.45, 2.75) is 6.42 Å². The second kappa shape index (κ2) is 4.84. The maximum absolute atomic E-state index is 5.13. The Morgan fingerprint density at radius 2 is 2.17 bits per heavy atom. The molecule has 0 atom stereocenters. The third-order valence-corrected chi connectivity index (χ3v) is 2.15. The zero-order valence-electron chi connectivity index (χ0n) is 6.68. The van der Waals surface area contributed by atoms with Gasteiger partial charge in [0.25, 0.3) is 0 Å². The average molecular weight is 224 g/mol. The van der Waals surface area contributed by atoms with Gasteiger partial charge in [-0.1, -0.05) is 12.1 Å². The van der Waals surface area contributed by atoms with Crippen LogP contribution in [0.5, 0.6) is 0 Å². The minimum atomic E-state index is 0.751. The Hall–Kier alpha value is -0.940. The molecule has 0 aliphatic rings. The van der Waals surface area contributed by atoms with Crippen molar-refractivity contribution in [1.29, 1.82) is 0 Å². The lowest BCUT2D eigenvalue weighted by atomic mass is 10.3. The first kappa shape index (κ1) is 9.15. The largest absolute Gasteiger partial charge is 0.383 e. The molecule has 2 heteroatoms.